The number of aryl methyl sites for hydroxylation is 1. The van der Waals surface area contributed by atoms with Crippen molar-refractivity contribution in [2.75, 3.05) is 31.2 Å². The maximum Gasteiger partial charge on any atom is 0.225 e. The first-order valence-corrected chi connectivity index (χ1v) is 8.20. The quantitative estimate of drug-likeness (QED) is 0.904. The highest BCUT2D eigenvalue weighted by molar-refractivity contribution is 5.80. The molecule has 120 valence electrons. The third-order valence-electron chi connectivity index (χ3n) is 4.51. The lowest BCUT2D eigenvalue weighted by Gasteiger charge is -2.24. The van der Waals surface area contributed by atoms with Crippen molar-refractivity contribution in [1.82, 2.24) is 15.3 Å². The highest BCUT2D eigenvalue weighted by atomic mass is 16.5. The van der Waals surface area contributed by atoms with E-state index in [1.54, 1.807) is 0 Å². The maximum atomic E-state index is 12.4. The number of carbonyl (C=O) groups excluding carboxylic acids is 1. The molecule has 22 heavy (non-hydrogen) atoms. The van der Waals surface area contributed by atoms with E-state index < -0.39 is 0 Å². The molecule has 1 atom stereocenters. The smallest absolute Gasteiger partial charge is 0.225 e. The van der Waals surface area contributed by atoms with Crippen LogP contribution in [0.4, 0.5) is 5.95 Å². The second-order valence-electron chi connectivity index (χ2n) is 6.07. The first-order chi connectivity index (χ1) is 10.8. The van der Waals surface area contributed by atoms with Crippen LogP contribution in [0.1, 0.15) is 31.7 Å². The molecule has 2 saturated heterocycles. The Kier molecular flexibility index (Phi) is 4.87. The van der Waals surface area contributed by atoms with Gasteiger partial charge in [0, 0.05) is 44.7 Å². The van der Waals surface area contributed by atoms with Gasteiger partial charge >= 0.3 is 0 Å². The summed E-state index contributed by atoms with van der Waals surface area (Å²) in [6.45, 7) is 5.14. The van der Waals surface area contributed by atoms with Gasteiger partial charge < -0.3 is 15.0 Å². The maximum absolute atomic E-state index is 12.4. The lowest BCUT2D eigenvalue weighted by atomic mass is 10.1. The zero-order chi connectivity index (χ0) is 15.4. The van der Waals surface area contributed by atoms with Crippen molar-refractivity contribution in [3.8, 4) is 0 Å². The van der Waals surface area contributed by atoms with Gasteiger partial charge in [-0.15, -0.1) is 0 Å². The fourth-order valence-electron chi connectivity index (χ4n) is 3.01. The molecule has 2 aliphatic heterocycles. The second-order valence-corrected chi connectivity index (χ2v) is 6.07. The van der Waals surface area contributed by atoms with Crippen LogP contribution in [0.15, 0.2) is 12.4 Å². The van der Waals surface area contributed by atoms with E-state index >= 15 is 0 Å². The van der Waals surface area contributed by atoms with Crippen LogP contribution in [-0.4, -0.2) is 48.2 Å². The van der Waals surface area contributed by atoms with Crippen LogP contribution in [0.2, 0.25) is 0 Å². The minimum Gasteiger partial charge on any atom is -0.381 e. The van der Waals surface area contributed by atoms with E-state index in [1.807, 2.05) is 12.4 Å². The summed E-state index contributed by atoms with van der Waals surface area (Å²) >= 11 is 0. The number of nitrogens with zero attached hydrogens (tertiary/aromatic N) is 3. The average Bonchev–Trinajstić information content (AvgIpc) is 3.06. The molecule has 2 aliphatic rings. The van der Waals surface area contributed by atoms with Gasteiger partial charge in [0.15, 0.2) is 0 Å². The van der Waals surface area contributed by atoms with E-state index in [0.717, 1.165) is 57.0 Å². The van der Waals surface area contributed by atoms with Crippen LogP contribution in [-0.2, 0) is 16.0 Å². The molecule has 0 aromatic carbocycles. The molecular weight excluding hydrogens is 280 g/mol. The fourth-order valence-corrected chi connectivity index (χ4v) is 3.01. The van der Waals surface area contributed by atoms with Crippen molar-refractivity contribution in [2.24, 2.45) is 5.92 Å². The molecule has 0 spiro atoms. The number of ether oxygens (including phenoxy) is 1. The largest absolute Gasteiger partial charge is 0.381 e. The predicted molar refractivity (Wildman–Crippen MR) is 83.7 cm³/mol. The lowest BCUT2D eigenvalue weighted by molar-refractivity contribution is -0.125. The molecule has 1 N–H and O–H groups in total. The Balaban J connectivity index is 1.53. The average molecular weight is 304 g/mol. The highest BCUT2D eigenvalue weighted by Gasteiger charge is 2.31. The van der Waals surface area contributed by atoms with Crippen LogP contribution >= 0.6 is 0 Å². The van der Waals surface area contributed by atoms with Gasteiger partial charge in [0.05, 0.1) is 5.92 Å². The summed E-state index contributed by atoms with van der Waals surface area (Å²) in [4.78, 5) is 23.3. The zero-order valence-electron chi connectivity index (χ0n) is 13.1. The minimum absolute atomic E-state index is 0.0392. The Bertz CT molecular complexity index is 499. The van der Waals surface area contributed by atoms with Gasteiger partial charge in [0.25, 0.3) is 0 Å². The number of hydrogen-bond donors (Lipinski definition) is 1. The van der Waals surface area contributed by atoms with Crippen LogP contribution < -0.4 is 10.2 Å². The molecule has 3 rings (SSSR count). The SMILES string of the molecule is CCc1cnc(N2CCC(C(=O)NC3CCOCC3)C2)nc1. The van der Waals surface area contributed by atoms with Crippen molar-refractivity contribution in [3.05, 3.63) is 18.0 Å². The summed E-state index contributed by atoms with van der Waals surface area (Å²) in [6.07, 6.45) is 7.40. The first-order valence-electron chi connectivity index (χ1n) is 8.20. The molecule has 0 saturated carbocycles. The van der Waals surface area contributed by atoms with Crippen LogP contribution in [0.5, 0.6) is 0 Å². The minimum atomic E-state index is 0.0392. The first kappa shape index (κ1) is 15.2. The molecular formula is C16H24N4O2. The fraction of sp³-hybridized carbons (Fsp3) is 0.688. The molecule has 6 nitrogen and oxygen atoms in total. The summed E-state index contributed by atoms with van der Waals surface area (Å²) in [5.41, 5.74) is 1.14. The van der Waals surface area contributed by atoms with Gasteiger partial charge in [-0.2, -0.15) is 0 Å². The topological polar surface area (TPSA) is 67.4 Å². The molecule has 3 heterocycles. The highest BCUT2D eigenvalue weighted by Crippen LogP contribution is 2.21. The van der Waals surface area contributed by atoms with Crippen LogP contribution in [0, 0.1) is 5.92 Å². The van der Waals surface area contributed by atoms with Gasteiger partial charge in [-0.05, 0) is 31.2 Å². The Labute approximate surface area is 131 Å². The molecule has 0 radical (unpaired) electrons. The molecule has 1 aromatic rings. The summed E-state index contributed by atoms with van der Waals surface area (Å²) in [5.74, 6) is 0.940. The van der Waals surface area contributed by atoms with Crippen molar-refractivity contribution in [1.29, 1.82) is 0 Å². The normalized spacial score (nSPS) is 22.8. The Hall–Kier alpha value is -1.69. The molecule has 1 aromatic heterocycles. The van der Waals surface area contributed by atoms with E-state index in [9.17, 15) is 4.79 Å². The predicted octanol–water partition coefficient (Wildman–Crippen LogP) is 1.16. The Morgan fingerprint density at radius 3 is 2.73 bits per heavy atom. The molecule has 1 amide bonds. The van der Waals surface area contributed by atoms with Gasteiger partial charge in [-0.25, -0.2) is 9.97 Å². The van der Waals surface area contributed by atoms with E-state index in [-0.39, 0.29) is 17.9 Å². The van der Waals surface area contributed by atoms with Gasteiger partial charge in [0.1, 0.15) is 0 Å². The van der Waals surface area contributed by atoms with Crippen LogP contribution in [0.25, 0.3) is 0 Å². The van der Waals surface area contributed by atoms with Crippen molar-refractivity contribution in [2.45, 2.75) is 38.6 Å². The molecule has 0 aliphatic carbocycles. The third kappa shape index (κ3) is 3.55. The van der Waals surface area contributed by atoms with E-state index in [4.69, 9.17) is 4.74 Å². The molecule has 0 bridgehead atoms. The number of anilines is 1. The summed E-state index contributed by atoms with van der Waals surface area (Å²) in [5, 5.41) is 3.16. The third-order valence-corrected chi connectivity index (χ3v) is 4.51. The van der Waals surface area contributed by atoms with Crippen molar-refractivity contribution >= 4 is 11.9 Å². The molecule has 1 unspecified atom stereocenters. The van der Waals surface area contributed by atoms with Gasteiger partial charge in [-0.1, -0.05) is 6.92 Å². The number of hydrogen-bond acceptors (Lipinski definition) is 5. The lowest BCUT2D eigenvalue weighted by Crippen LogP contribution is -2.42. The standard InChI is InChI=1S/C16H24N4O2/c1-2-12-9-17-16(18-10-12)20-6-3-13(11-20)15(21)19-14-4-7-22-8-5-14/h9-10,13-14H,2-8,11H2,1H3,(H,19,21). The molecule has 6 heteroatoms. The number of nitrogens with one attached hydrogen (secondary N) is 1. The van der Waals surface area contributed by atoms with E-state index in [1.165, 1.54) is 0 Å². The van der Waals surface area contributed by atoms with Crippen molar-refractivity contribution in [3.63, 3.8) is 0 Å². The van der Waals surface area contributed by atoms with Crippen molar-refractivity contribution < 1.29 is 9.53 Å². The van der Waals surface area contributed by atoms with Gasteiger partial charge in [-0.3, -0.25) is 4.79 Å². The summed E-state index contributed by atoms with van der Waals surface area (Å²) in [7, 11) is 0. The molecule has 2 fully saturated rings. The Morgan fingerprint density at radius 2 is 2.05 bits per heavy atom. The second kappa shape index (κ2) is 7.05. The number of aromatic nitrogens is 2. The van der Waals surface area contributed by atoms with Gasteiger partial charge in [0.2, 0.25) is 11.9 Å². The van der Waals surface area contributed by atoms with E-state index in [2.05, 4.69) is 27.1 Å². The number of rotatable bonds is 4. The van der Waals surface area contributed by atoms with E-state index in [0.29, 0.717) is 6.54 Å². The Morgan fingerprint density at radius 1 is 1.32 bits per heavy atom. The monoisotopic (exact) mass is 304 g/mol. The number of amides is 1. The zero-order valence-corrected chi connectivity index (χ0v) is 13.1. The number of carbonyl (C=O) groups is 1. The summed E-state index contributed by atoms with van der Waals surface area (Å²) < 4.78 is 5.32. The summed E-state index contributed by atoms with van der Waals surface area (Å²) in [6, 6.07) is 0.274. The van der Waals surface area contributed by atoms with Crippen LogP contribution in [0.3, 0.4) is 0 Å².